The van der Waals surface area contributed by atoms with Gasteiger partial charge in [0.25, 0.3) is 0 Å². The Morgan fingerprint density at radius 3 is 2.28 bits per heavy atom. The zero-order chi connectivity index (χ0) is 20.1. The zero-order valence-corrected chi connectivity index (χ0v) is 17.5. The van der Waals surface area contributed by atoms with Gasteiger partial charge in [-0.15, -0.1) is 0 Å². The van der Waals surface area contributed by atoms with Crippen molar-refractivity contribution in [1.29, 1.82) is 0 Å². The Hall–Kier alpha value is -2.34. The molecule has 0 spiro atoms. The van der Waals surface area contributed by atoms with Crippen LogP contribution in [0.4, 0.5) is 11.6 Å². The fourth-order valence-electron chi connectivity index (χ4n) is 4.09. The van der Waals surface area contributed by atoms with Gasteiger partial charge in [0, 0.05) is 56.8 Å². The molecule has 0 aliphatic carbocycles. The monoisotopic (exact) mass is 413 g/mol. The Labute approximate surface area is 177 Å². The number of hydrogen-bond acceptors (Lipinski definition) is 5. The third kappa shape index (κ3) is 5.18. The minimum absolute atomic E-state index is 0.210. The molecule has 6 nitrogen and oxygen atoms in total. The summed E-state index contributed by atoms with van der Waals surface area (Å²) in [6.07, 6.45) is 6.69. The van der Waals surface area contributed by atoms with Gasteiger partial charge in [-0.1, -0.05) is 23.7 Å². The maximum Gasteiger partial charge on any atom is 0.223 e. The summed E-state index contributed by atoms with van der Waals surface area (Å²) in [6.45, 7) is 5.23. The lowest BCUT2D eigenvalue weighted by Gasteiger charge is -2.36. The highest BCUT2D eigenvalue weighted by Crippen LogP contribution is 2.22. The Balaban J connectivity index is 1.29. The largest absolute Gasteiger partial charge is 0.356 e. The molecule has 2 fully saturated rings. The van der Waals surface area contributed by atoms with Crippen LogP contribution in [0.2, 0.25) is 5.02 Å². The minimum Gasteiger partial charge on any atom is -0.356 e. The summed E-state index contributed by atoms with van der Waals surface area (Å²) in [4.78, 5) is 28.1. The number of amides is 1. The third-order valence-electron chi connectivity index (χ3n) is 5.79. The van der Waals surface area contributed by atoms with Gasteiger partial charge in [0.15, 0.2) is 0 Å². The van der Waals surface area contributed by atoms with Crippen LogP contribution in [-0.2, 0) is 11.2 Å². The molecule has 2 aliphatic heterocycles. The molecule has 154 valence electrons. The topological polar surface area (TPSA) is 52.6 Å². The highest BCUT2D eigenvalue weighted by Gasteiger charge is 2.22. The van der Waals surface area contributed by atoms with Gasteiger partial charge in [0.2, 0.25) is 5.91 Å². The van der Waals surface area contributed by atoms with Crippen molar-refractivity contribution < 1.29 is 4.79 Å². The van der Waals surface area contributed by atoms with Crippen LogP contribution < -0.4 is 9.80 Å². The molecule has 2 aliphatic rings. The first-order chi connectivity index (χ1) is 14.2. The molecule has 29 heavy (non-hydrogen) atoms. The van der Waals surface area contributed by atoms with E-state index in [1.165, 1.54) is 19.3 Å². The van der Waals surface area contributed by atoms with Gasteiger partial charge < -0.3 is 14.7 Å². The number of piperidine rings is 1. The standard InChI is InChI=1S/C22H28ClN5O/c23-19-6-4-5-18(15-19)7-8-22(29)28-13-11-27(12-14-28)21-16-20(24-17-25-21)26-9-2-1-3-10-26/h4-6,15-17H,1-3,7-14H2. The molecule has 0 N–H and O–H groups in total. The number of anilines is 2. The number of nitrogens with zero attached hydrogens (tertiary/aromatic N) is 5. The number of benzene rings is 1. The maximum atomic E-state index is 12.6. The van der Waals surface area contributed by atoms with Crippen LogP contribution in [0, 0.1) is 0 Å². The number of aromatic nitrogens is 2. The summed E-state index contributed by atoms with van der Waals surface area (Å²) < 4.78 is 0. The van der Waals surface area contributed by atoms with Crippen LogP contribution >= 0.6 is 11.6 Å². The van der Waals surface area contributed by atoms with Crippen LogP contribution in [0.15, 0.2) is 36.7 Å². The normalized spacial score (nSPS) is 17.5. The summed E-state index contributed by atoms with van der Waals surface area (Å²) in [5.41, 5.74) is 1.11. The third-order valence-corrected chi connectivity index (χ3v) is 6.03. The van der Waals surface area contributed by atoms with E-state index >= 15 is 0 Å². The van der Waals surface area contributed by atoms with E-state index in [0.717, 1.165) is 67.9 Å². The number of piperazine rings is 1. The van der Waals surface area contributed by atoms with E-state index in [0.29, 0.717) is 6.42 Å². The van der Waals surface area contributed by atoms with Crippen molar-refractivity contribution in [2.45, 2.75) is 32.1 Å². The van der Waals surface area contributed by atoms with E-state index in [1.54, 1.807) is 6.33 Å². The van der Waals surface area contributed by atoms with Crippen molar-refractivity contribution in [2.75, 3.05) is 49.1 Å². The average molecular weight is 414 g/mol. The molecule has 4 rings (SSSR count). The number of halogens is 1. The molecule has 2 aromatic rings. The van der Waals surface area contributed by atoms with Gasteiger partial charge >= 0.3 is 0 Å². The molecule has 2 saturated heterocycles. The summed E-state index contributed by atoms with van der Waals surface area (Å²) in [5.74, 6) is 2.20. The second-order valence-corrected chi connectivity index (χ2v) is 8.22. The molecular formula is C22H28ClN5O. The first kappa shape index (κ1) is 20.0. The molecule has 0 saturated carbocycles. The summed E-state index contributed by atoms with van der Waals surface area (Å²) in [6, 6.07) is 9.84. The average Bonchev–Trinajstić information content (AvgIpc) is 2.78. The van der Waals surface area contributed by atoms with Gasteiger partial charge in [0.05, 0.1) is 0 Å². The second-order valence-electron chi connectivity index (χ2n) is 7.78. The van der Waals surface area contributed by atoms with Gasteiger partial charge in [0.1, 0.15) is 18.0 Å². The van der Waals surface area contributed by atoms with Crippen LogP contribution in [0.3, 0.4) is 0 Å². The number of carbonyl (C=O) groups is 1. The minimum atomic E-state index is 0.210. The van der Waals surface area contributed by atoms with Crippen molar-refractivity contribution >= 4 is 29.1 Å². The molecule has 0 unspecified atom stereocenters. The predicted octanol–water partition coefficient (Wildman–Crippen LogP) is 3.40. The Bertz CT molecular complexity index is 831. The van der Waals surface area contributed by atoms with E-state index in [4.69, 9.17) is 11.6 Å². The number of hydrogen-bond donors (Lipinski definition) is 0. The Kier molecular flexibility index (Phi) is 6.49. The molecule has 0 bridgehead atoms. The SMILES string of the molecule is O=C(CCc1cccc(Cl)c1)N1CCN(c2cc(N3CCCCC3)ncn2)CC1. The molecular weight excluding hydrogens is 386 g/mol. The highest BCUT2D eigenvalue weighted by atomic mass is 35.5. The van der Waals surface area contributed by atoms with Crippen molar-refractivity contribution in [3.05, 3.63) is 47.2 Å². The van der Waals surface area contributed by atoms with E-state index in [2.05, 4.69) is 25.8 Å². The first-order valence-electron chi connectivity index (χ1n) is 10.5. The van der Waals surface area contributed by atoms with E-state index in [9.17, 15) is 4.79 Å². The highest BCUT2D eigenvalue weighted by molar-refractivity contribution is 6.30. The van der Waals surface area contributed by atoms with E-state index in [1.807, 2.05) is 29.2 Å². The van der Waals surface area contributed by atoms with Gasteiger partial charge in [-0.3, -0.25) is 4.79 Å². The van der Waals surface area contributed by atoms with Crippen molar-refractivity contribution in [2.24, 2.45) is 0 Å². The van der Waals surface area contributed by atoms with E-state index < -0.39 is 0 Å². The summed E-state index contributed by atoms with van der Waals surface area (Å²) >= 11 is 6.03. The molecule has 7 heteroatoms. The molecule has 1 aromatic heterocycles. The van der Waals surface area contributed by atoms with Crippen LogP contribution in [-0.4, -0.2) is 60.0 Å². The number of rotatable bonds is 5. The van der Waals surface area contributed by atoms with Gasteiger partial charge in [-0.05, 0) is 43.4 Å². The number of carbonyl (C=O) groups excluding carboxylic acids is 1. The Morgan fingerprint density at radius 2 is 1.59 bits per heavy atom. The second kappa shape index (κ2) is 9.44. The zero-order valence-electron chi connectivity index (χ0n) is 16.8. The van der Waals surface area contributed by atoms with E-state index in [-0.39, 0.29) is 5.91 Å². The number of aryl methyl sites for hydroxylation is 1. The van der Waals surface area contributed by atoms with Gasteiger partial charge in [-0.2, -0.15) is 0 Å². The lowest BCUT2D eigenvalue weighted by atomic mass is 10.1. The fourth-order valence-corrected chi connectivity index (χ4v) is 4.31. The fraction of sp³-hybridized carbons (Fsp3) is 0.500. The molecule has 0 atom stereocenters. The summed E-state index contributed by atoms with van der Waals surface area (Å²) in [7, 11) is 0. The van der Waals surface area contributed by atoms with Crippen LogP contribution in [0.5, 0.6) is 0 Å². The lowest BCUT2D eigenvalue weighted by Crippen LogP contribution is -2.49. The van der Waals surface area contributed by atoms with Crippen LogP contribution in [0.1, 0.15) is 31.2 Å². The molecule has 0 radical (unpaired) electrons. The predicted molar refractivity (Wildman–Crippen MR) is 117 cm³/mol. The smallest absolute Gasteiger partial charge is 0.223 e. The Morgan fingerprint density at radius 1 is 0.897 bits per heavy atom. The summed E-state index contributed by atoms with van der Waals surface area (Å²) in [5, 5.41) is 0.720. The molecule has 1 aromatic carbocycles. The van der Waals surface area contributed by atoms with Crippen molar-refractivity contribution in [1.82, 2.24) is 14.9 Å². The van der Waals surface area contributed by atoms with Crippen molar-refractivity contribution in [3.8, 4) is 0 Å². The molecule has 3 heterocycles. The quantitative estimate of drug-likeness (QED) is 0.751. The lowest BCUT2D eigenvalue weighted by molar-refractivity contribution is -0.131. The maximum absolute atomic E-state index is 12.6. The molecule has 1 amide bonds. The first-order valence-corrected chi connectivity index (χ1v) is 10.9. The van der Waals surface area contributed by atoms with Gasteiger partial charge in [-0.25, -0.2) is 9.97 Å². The van der Waals surface area contributed by atoms with Crippen molar-refractivity contribution in [3.63, 3.8) is 0 Å². The van der Waals surface area contributed by atoms with Crippen LogP contribution in [0.25, 0.3) is 0 Å².